The summed E-state index contributed by atoms with van der Waals surface area (Å²) < 4.78 is 32.4. The highest BCUT2D eigenvalue weighted by Crippen LogP contribution is 2.41. The summed E-state index contributed by atoms with van der Waals surface area (Å²) in [6.07, 6.45) is 1.24. The van der Waals surface area contributed by atoms with Crippen molar-refractivity contribution in [3.8, 4) is 28.1 Å². The minimum absolute atomic E-state index is 0.0769. The van der Waals surface area contributed by atoms with Crippen LogP contribution in [0.5, 0.6) is 5.75 Å². The van der Waals surface area contributed by atoms with E-state index in [1.807, 2.05) is 48.5 Å². The van der Waals surface area contributed by atoms with Crippen molar-refractivity contribution in [1.82, 2.24) is 4.98 Å². The van der Waals surface area contributed by atoms with Crippen LogP contribution in [0.3, 0.4) is 0 Å². The number of ether oxygens (including phenoxy) is 1. The first-order chi connectivity index (χ1) is 16.8. The zero-order chi connectivity index (χ0) is 24.6. The second-order valence-electron chi connectivity index (χ2n) is 8.14. The molecular formula is C26H20ClNO5S2. The Morgan fingerprint density at radius 2 is 1.80 bits per heavy atom. The van der Waals surface area contributed by atoms with Crippen molar-refractivity contribution in [1.29, 1.82) is 0 Å². The molecule has 1 N–H and O–H groups in total. The third-order valence-electron chi connectivity index (χ3n) is 5.78. The zero-order valence-corrected chi connectivity index (χ0v) is 20.8. The number of rotatable bonds is 7. The van der Waals surface area contributed by atoms with Crippen LogP contribution in [0.1, 0.15) is 16.0 Å². The molecule has 0 unspecified atom stereocenters. The Morgan fingerprint density at radius 1 is 1.03 bits per heavy atom. The molecule has 0 spiro atoms. The van der Waals surface area contributed by atoms with Gasteiger partial charge in [-0.1, -0.05) is 60.1 Å². The lowest BCUT2D eigenvalue weighted by molar-refractivity contribution is -0.139. The number of aliphatic carboxylic acids is 1. The second-order valence-corrected chi connectivity index (χ2v) is 11.8. The first-order valence-corrected chi connectivity index (χ1v) is 13.7. The van der Waals surface area contributed by atoms with Crippen molar-refractivity contribution in [2.24, 2.45) is 0 Å². The third-order valence-corrected chi connectivity index (χ3v) is 9.25. The molecule has 4 aromatic rings. The van der Waals surface area contributed by atoms with Crippen molar-refractivity contribution in [3.05, 3.63) is 87.8 Å². The Morgan fingerprint density at radius 3 is 2.60 bits per heavy atom. The van der Waals surface area contributed by atoms with E-state index in [4.69, 9.17) is 21.4 Å². The number of halogens is 1. The average molecular weight is 526 g/mol. The molecule has 0 atom stereocenters. The molecule has 0 saturated carbocycles. The Hall–Kier alpha value is -3.20. The van der Waals surface area contributed by atoms with E-state index < -0.39 is 22.4 Å². The van der Waals surface area contributed by atoms with Gasteiger partial charge in [0, 0.05) is 21.0 Å². The number of carboxylic acids is 1. The van der Waals surface area contributed by atoms with Gasteiger partial charge in [-0.25, -0.2) is 18.2 Å². The van der Waals surface area contributed by atoms with E-state index in [0.29, 0.717) is 34.9 Å². The summed E-state index contributed by atoms with van der Waals surface area (Å²) in [5, 5.41) is 9.53. The minimum Gasteiger partial charge on any atom is -0.482 e. The lowest BCUT2D eigenvalue weighted by Crippen LogP contribution is -2.12. The van der Waals surface area contributed by atoms with Crippen molar-refractivity contribution in [2.75, 3.05) is 6.61 Å². The number of carboxylic acid groups (broad SMARTS) is 1. The van der Waals surface area contributed by atoms with Gasteiger partial charge in [0.15, 0.2) is 6.61 Å². The van der Waals surface area contributed by atoms with E-state index in [2.05, 4.69) is 4.98 Å². The fourth-order valence-electron chi connectivity index (χ4n) is 4.25. The van der Waals surface area contributed by atoms with Crippen molar-refractivity contribution in [3.63, 3.8) is 0 Å². The third kappa shape index (κ3) is 4.82. The SMILES string of the molecule is O=C(O)COc1cccc2c1CCc1sc(S(=O)(=O)Cc3ccccc3-c3cccc(Cl)c3)nc1-2. The summed E-state index contributed by atoms with van der Waals surface area (Å²) in [6, 6.07) is 20.1. The van der Waals surface area contributed by atoms with Gasteiger partial charge in [0.25, 0.3) is 0 Å². The van der Waals surface area contributed by atoms with Crippen molar-refractivity contribution >= 4 is 38.7 Å². The van der Waals surface area contributed by atoms with Crippen molar-refractivity contribution < 1.29 is 23.1 Å². The zero-order valence-electron chi connectivity index (χ0n) is 18.4. The van der Waals surface area contributed by atoms with E-state index >= 15 is 0 Å². The Labute approximate surface area is 211 Å². The Bertz CT molecular complexity index is 1550. The van der Waals surface area contributed by atoms with Crippen LogP contribution >= 0.6 is 22.9 Å². The Kier molecular flexibility index (Phi) is 6.35. The molecule has 0 aliphatic heterocycles. The van der Waals surface area contributed by atoms with E-state index in [9.17, 15) is 13.2 Å². The molecule has 5 rings (SSSR count). The van der Waals surface area contributed by atoms with Gasteiger partial charge in [0.2, 0.25) is 14.2 Å². The largest absolute Gasteiger partial charge is 0.482 e. The number of aryl methyl sites for hydroxylation is 1. The summed E-state index contributed by atoms with van der Waals surface area (Å²) in [6.45, 7) is -0.438. The fraction of sp³-hybridized carbons (Fsp3) is 0.154. The highest BCUT2D eigenvalue weighted by atomic mass is 35.5. The van der Waals surface area contributed by atoms with Gasteiger partial charge in [0.1, 0.15) is 5.75 Å². The topological polar surface area (TPSA) is 93.6 Å². The lowest BCUT2D eigenvalue weighted by atomic mass is 9.93. The normalized spacial score (nSPS) is 12.6. The molecule has 0 radical (unpaired) electrons. The van der Waals surface area contributed by atoms with Gasteiger partial charge in [-0.15, -0.1) is 11.3 Å². The summed E-state index contributed by atoms with van der Waals surface area (Å²) in [7, 11) is -3.72. The summed E-state index contributed by atoms with van der Waals surface area (Å²) >= 11 is 7.36. The number of hydrogen-bond acceptors (Lipinski definition) is 6. The average Bonchev–Trinajstić information content (AvgIpc) is 3.29. The van der Waals surface area contributed by atoms with Crippen LogP contribution in [0.25, 0.3) is 22.4 Å². The number of nitrogens with zero attached hydrogens (tertiary/aromatic N) is 1. The van der Waals surface area contributed by atoms with Crippen LogP contribution in [0.4, 0.5) is 0 Å². The smallest absolute Gasteiger partial charge is 0.341 e. The molecule has 9 heteroatoms. The lowest BCUT2D eigenvalue weighted by Gasteiger charge is -2.18. The maximum absolute atomic E-state index is 13.5. The maximum Gasteiger partial charge on any atom is 0.341 e. The molecule has 1 heterocycles. The van der Waals surface area contributed by atoms with Gasteiger partial charge in [-0.05, 0) is 47.7 Å². The van der Waals surface area contributed by atoms with Crippen LogP contribution in [0, 0.1) is 0 Å². The number of sulfone groups is 1. The predicted octanol–water partition coefficient (Wildman–Crippen LogP) is 5.67. The number of fused-ring (bicyclic) bond motifs is 3. The van der Waals surface area contributed by atoms with Gasteiger partial charge < -0.3 is 9.84 Å². The van der Waals surface area contributed by atoms with E-state index in [1.165, 1.54) is 11.3 Å². The predicted molar refractivity (Wildman–Crippen MR) is 136 cm³/mol. The highest BCUT2D eigenvalue weighted by molar-refractivity contribution is 7.92. The van der Waals surface area contributed by atoms with Crippen LogP contribution in [0.2, 0.25) is 5.02 Å². The summed E-state index contributed by atoms with van der Waals surface area (Å²) in [4.78, 5) is 16.4. The van der Waals surface area contributed by atoms with Gasteiger partial charge in [0.05, 0.1) is 11.4 Å². The molecule has 0 amide bonds. The number of carbonyl (C=O) groups is 1. The van der Waals surface area contributed by atoms with Crippen LogP contribution in [-0.2, 0) is 33.2 Å². The van der Waals surface area contributed by atoms with Gasteiger partial charge in [-0.2, -0.15) is 0 Å². The first kappa shape index (κ1) is 23.5. The van der Waals surface area contributed by atoms with Crippen LogP contribution in [0.15, 0.2) is 71.1 Å². The van der Waals surface area contributed by atoms with E-state index in [0.717, 1.165) is 27.1 Å². The molecular weight excluding hydrogens is 506 g/mol. The molecule has 0 bridgehead atoms. The fourth-order valence-corrected chi connectivity index (χ4v) is 7.25. The quantitative estimate of drug-likeness (QED) is 0.334. The molecule has 35 heavy (non-hydrogen) atoms. The monoisotopic (exact) mass is 525 g/mol. The maximum atomic E-state index is 13.5. The number of benzene rings is 3. The molecule has 6 nitrogen and oxygen atoms in total. The number of thiazole rings is 1. The molecule has 0 fully saturated rings. The number of aromatic nitrogens is 1. The summed E-state index contributed by atoms with van der Waals surface area (Å²) in [5.74, 6) is -0.751. The minimum atomic E-state index is -3.72. The molecule has 0 saturated heterocycles. The van der Waals surface area contributed by atoms with E-state index in [1.54, 1.807) is 18.2 Å². The molecule has 3 aromatic carbocycles. The van der Waals surface area contributed by atoms with Crippen molar-refractivity contribution in [2.45, 2.75) is 22.9 Å². The second kappa shape index (κ2) is 9.45. The highest BCUT2D eigenvalue weighted by Gasteiger charge is 2.28. The molecule has 1 aliphatic rings. The molecule has 178 valence electrons. The first-order valence-electron chi connectivity index (χ1n) is 10.8. The van der Waals surface area contributed by atoms with E-state index in [-0.39, 0.29) is 10.1 Å². The van der Waals surface area contributed by atoms with Crippen LogP contribution in [-0.4, -0.2) is 31.1 Å². The van der Waals surface area contributed by atoms with Gasteiger partial charge >= 0.3 is 5.97 Å². The Balaban J connectivity index is 1.48. The summed E-state index contributed by atoms with van der Waals surface area (Å²) in [5.41, 5.74) is 4.59. The van der Waals surface area contributed by atoms with Gasteiger partial charge in [-0.3, -0.25) is 0 Å². The molecule has 1 aliphatic carbocycles. The molecule has 1 aromatic heterocycles. The standard InChI is InChI=1S/C26H20ClNO5S2/c27-18-7-3-6-16(13-18)19-8-2-1-5-17(19)15-35(31,32)26-28-25-21-9-4-10-22(33-14-24(29)30)20(21)11-12-23(25)34-26/h1-10,13H,11-12,14-15H2,(H,29,30). The van der Waals surface area contributed by atoms with Crippen LogP contribution < -0.4 is 4.74 Å². The number of hydrogen-bond donors (Lipinski definition) is 1.